The fourth-order valence-corrected chi connectivity index (χ4v) is 2.14. The van der Waals surface area contributed by atoms with Gasteiger partial charge < -0.3 is 10.1 Å². The molecule has 1 amide bonds. The number of hydrogen-bond acceptors (Lipinski definition) is 2. The Labute approximate surface area is 106 Å². The van der Waals surface area contributed by atoms with Crippen LogP contribution >= 0.6 is 0 Å². The Bertz CT molecular complexity index is 521. The predicted molar refractivity (Wildman–Crippen MR) is 67.8 cm³/mol. The SMILES string of the molecule is CNC(=O)C=C1CC(C)(C)Oc2cccc(F)c21. The van der Waals surface area contributed by atoms with Crippen LogP contribution in [0, 0.1) is 5.82 Å². The molecule has 0 atom stereocenters. The van der Waals surface area contributed by atoms with Gasteiger partial charge in [-0.2, -0.15) is 0 Å². The van der Waals surface area contributed by atoms with Crippen LogP contribution in [0.15, 0.2) is 24.3 Å². The van der Waals surface area contributed by atoms with E-state index in [1.54, 1.807) is 19.2 Å². The van der Waals surface area contributed by atoms with Crippen molar-refractivity contribution in [3.63, 3.8) is 0 Å². The van der Waals surface area contributed by atoms with Crippen molar-refractivity contribution in [1.29, 1.82) is 0 Å². The molecule has 1 aliphatic rings. The van der Waals surface area contributed by atoms with Crippen molar-refractivity contribution in [2.75, 3.05) is 7.05 Å². The van der Waals surface area contributed by atoms with Crippen molar-refractivity contribution in [2.24, 2.45) is 0 Å². The van der Waals surface area contributed by atoms with Gasteiger partial charge in [0, 0.05) is 19.5 Å². The topological polar surface area (TPSA) is 38.3 Å². The molecule has 1 heterocycles. The number of halogens is 1. The molecule has 2 rings (SSSR count). The fraction of sp³-hybridized carbons (Fsp3) is 0.357. The molecule has 0 aromatic heterocycles. The van der Waals surface area contributed by atoms with E-state index in [1.165, 1.54) is 12.1 Å². The van der Waals surface area contributed by atoms with Crippen molar-refractivity contribution in [3.8, 4) is 5.75 Å². The lowest BCUT2D eigenvalue weighted by molar-refractivity contribution is -0.116. The Balaban J connectivity index is 2.55. The smallest absolute Gasteiger partial charge is 0.244 e. The van der Waals surface area contributed by atoms with Gasteiger partial charge in [0.25, 0.3) is 0 Å². The summed E-state index contributed by atoms with van der Waals surface area (Å²) in [5, 5.41) is 2.51. The van der Waals surface area contributed by atoms with E-state index in [2.05, 4.69) is 5.32 Å². The van der Waals surface area contributed by atoms with Gasteiger partial charge in [-0.1, -0.05) is 6.07 Å². The maximum Gasteiger partial charge on any atom is 0.244 e. The minimum Gasteiger partial charge on any atom is -0.487 e. The highest BCUT2D eigenvalue weighted by Gasteiger charge is 2.32. The zero-order chi connectivity index (χ0) is 13.3. The zero-order valence-corrected chi connectivity index (χ0v) is 10.7. The molecule has 1 aliphatic heterocycles. The molecule has 1 aromatic rings. The summed E-state index contributed by atoms with van der Waals surface area (Å²) in [5.74, 6) is -0.114. The second kappa shape index (κ2) is 4.44. The van der Waals surface area contributed by atoms with Crippen LogP contribution in [0.2, 0.25) is 0 Å². The van der Waals surface area contributed by atoms with Gasteiger partial charge in [0.1, 0.15) is 17.2 Å². The molecule has 0 bridgehead atoms. The molecule has 3 nitrogen and oxygen atoms in total. The summed E-state index contributed by atoms with van der Waals surface area (Å²) in [6.45, 7) is 3.83. The van der Waals surface area contributed by atoms with Crippen LogP contribution in [0.25, 0.3) is 5.57 Å². The third-order valence-electron chi connectivity index (χ3n) is 2.85. The highest BCUT2D eigenvalue weighted by molar-refractivity contribution is 5.96. The van der Waals surface area contributed by atoms with Crippen LogP contribution in [-0.2, 0) is 4.79 Å². The number of likely N-dealkylation sites (N-methyl/N-ethyl adjacent to an activating group) is 1. The molecule has 4 heteroatoms. The summed E-state index contributed by atoms with van der Waals surface area (Å²) in [4.78, 5) is 11.5. The Kier molecular flexibility index (Phi) is 3.11. The first-order valence-electron chi connectivity index (χ1n) is 5.83. The van der Waals surface area contributed by atoms with Gasteiger partial charge in [0.2, 0.25) is 5.91 Å². The fourth-order valence-electron chi connectivity index (χ4n) is 2.14. The molecule has 18 heavy (non-hydrogen) atoms. The lowest BCUT2D eigenvalue weighted by atomic mass is 9.88. The van der Waals surface area contributed by atoms with Crippen LogP contribution in [0.1, 0.15) is 25.8 Å². The number of hydrogen-bond donors (Lipinski definition) is 1. The minimum absolute atomic E-state index is 0.239. The lowest BCUT2D eigenvalue weighted by Crippen LogP contribution is -2.33. The van der Waals surface area contributed by atoms with Gasteiger partial charge in [-0.05, 0) is 31.6 Å². The molecule has 0 radical (unpaired) electrons. The van der Waals surface area contributed by atoms with E-state index in [0.29, 0.717) is 23.3 Å². The Morgan fingerprint density at radius 1 is 1.50 bits per heavy atom. The van der Waals surface area contributed by atoms with Crippen molar-refractivity contribution in [2.45, 2.75) is 25.9 Å². The van der Waals surface area contributed by atoms with Gasteiger partial charge in [-0.25, -0.2) is 4.39 Å². The van der Waals surface area contributed by atoms with Gasteiger partial charge in [0.05, 0.1) is 5.56 Å². The highest BCUT2D eigenvalue weighted by Crippen LogP contribution is 2.41. The molecular formula is C14H16FNO2. The van der Waals surface area contributed by atoms with Crippen LogP contribution < -0.4 is 10.1 Å². The minimum atomic E-state index is -0.444. The summed E-state index contributed by atoms with van der Waals surface area (Å²) in [6, 6.07) is 4.70. The summed E-state index contributed by atoms with van der Waals surface area (Å²) >= 11 is 0. The van der Waals surface area contributed by atoms with E-state index < -0.39 is 5.60 Å². The first-order valence-corrected chi connectivity index (χ1v) is 5.83. The standard InChI is InChI=1S/C14H16FNO2/c1-14(2)8-9(7-12(17)16-3)13-10(15)5-4-6-11(13)18-14/h4-7H,8H2,1-3H3,(H,16,17). The largest absolute Gasteiger partial charge is 0.487 e. The first kappa shape index (κ1) is 12.6. The van der Waals surface area contributed by atoms with Gasteiger partial charge >= 0.3 is 0 Å². The molecule has 0 spiro atoms. The number of benzene rings is 1. The van der Waals surface area contributed by atoms with E-state index in [-0.39, 0.29) is 11.7 Å². The summed E-state index contributed by atoms with van der Waals surface area (Å²) in [5.41, 5.74) is 0.611. The number of ether oxygens (including phenoxy) is 1. The zero-order valence-electron chi connectivity index (χ0n) is 10.7. The lowest BCUT2D eigenvalue weighted by Gasteiger charge is -2.34. The van der Waals surface area contributed by atoms with Crippen molar-refractivity contribution >= 4 is 11.5 Å². The number of amides is 1. The van der Waals surface area contributed by atoms with E-state index in [1.807, 2.05) is 13.8 Å². The molecule has 0 saturated carbocycles. The van der Waals surface area contributed by atoms with E-state index >= 15 is 0 Å². The number of carbonyl (C=O) groups excluding carboxylic acids is 1. The summed E-state index contributed by atoms with van der Waals surface area (Å²) < 4.78 is 19.6. The monoisotopic (exact) mass is 249 g/mol. The highest BCUT2D eigenvalue weighted by atomic mass is 19.1. The van der Waals surface area contributed by atoms with Gasteiger partial charge in [0.15, 0.2) is 0 Å². The van der Waals surface area contributed by atoms with Crippen LogP contribution in [-0.4, -0.2) is 18.6 Å². The third kappa shape index (κ3) is 2.37. The van der Waals surface area contributed by atoms with Gasteiger partial charge in [-0.3, -0.25) is 4.79 Å². The Morgan fingerprint density at radius 3 is 2.89 bits per heavy atom. The number of nitrogens with one attached hydrogen (secondary N) is 1. The molecule has 1 N–H and O–H groups in total. The average molecular weight is 249 g/mol. The molecule has 0 saturated heterocycles. The molecule has 0 unspecified atom stereocenters. The van der Waals surface area contributed by atoms with Crippen molar-refractivity contribution in [3.05, 3.63) is 35.7 Å². The Hall–Kier alpha value is -1.84. The Morgan fingerprint density at radius 2 is 2.22 bits per heavy atom. The molecular weight excluding hydrogens is 233 g/mol. The van der Waals surface area contributed by atoms with E-state index in [0.717, 1.165) is 0 Å². The van der Waals surface area contributed by atoms with Crippen LogP contribution in [0.4, 0.5) is 4.39 Å². The molecule has 1 aromatic carbocycles. The quantitative estimate of drug-likeness (QED) is 0.777. The van der Waals surface area contributed by atoms with Crippen LogP contribution in [0.5, 0.6) is 5.75 Å². The number of fused-ring (bicyclic) bond motifs is 1. The third-order valence-corrected chi connectivity index (χ3v) is 2.85. The summed E-state index contributed by atoms with van der Waals surface area (Å²) in [7, 11) is 1.55. The maximum atomic E-state index is 13.9. The number of carbonyl (C=O) groups is 1. The second-order valence-corrected chi connectivity index (χ2v) is 4.94. The van der Waals surface area contributed by atoms with Crippen LogP contribution in [0.3, 0.4) is 0 Å². The van der Waals surface area contributed by atoms with E-state index in [9.17, 15) is 9.18 Å². The first-order chi connectivity index (χ1) is 8.43. The van der Waals surface area contributed by atoms with Crippen molar-refractivity contribution in [1.82, 2.24) is 5.32 Å². The number of rotatable bonds is 1. The predicted octanol–water partition coefficient (Wildman–Crippen LogP) is 2.52. The van der Waals surface area contributed by atoms with Gasteiger partial charge in [-0.15, -0.1) is 0 Å². The molecule has 0 aliphatic carbocycles. The summed E-state index contributed by atoms with van der Waals surface area (Å²) in [6.07, 6.45) is 1.93. The maximum absolute atomic E-state index is 13.9. The average Bonchev–Trinajstić information content (AvgIpc) is 2.26. The molecule has 0 fully saturated rings. The second-order valence-electron chi connectivity index (χ2n) is 4.94. The normalized spacial score (nSPS) is 19.0. The molecule has 96 valence electrons. The van der Waals surface area contributed by atoms with E-state index in [4.69, 9.17) is 4.74 Å². The van der Waals surface area contributed by atoms with Crippen molar-refractivity contribution < 1.29 is 13.9 Å².